The van der Waals surface area contributed by atoms with Gasteiger partial charge in [-0.3, -0.25) is 0 Å². The molecule has 1 radical (unpaired) electrons. The zero-order valence-corrected chi connectivity index (χ0v) is 9.25. The summed E-state index contributed by atoms with van der Waals surface area (Å²) in [6, 6.07) is 0.582. The highest BCUT2D eigenvalue weighted by molar-refractivity contribution is 4.79. The van der Waals surface area contributed by atoms with Gasteiger partial charge >= 0.3 is 0 Å². The first-order valence-corrected chi connectivity index (χ1v) is 6.16. The van der Waals surface area contributed by atoms with Crippen molar-refractivity contribution in [3.8, 4) is 0 Å². The third-order valence-electron chi connectivity index (χ3n) is 3.62. The molecule has 0 aliphatic carbocycles. The number of rotatable bonds is 5. The molecule has 0 amide bonds. The van der Waals surface area contributed by atoms with Gasteiger partial charge < -0.3 is 9.80 Å². The molecule has 2 aliphatic rings. The molecule has 2 saturated heterocycles. The Kier molecular flexibility index (Phi) is 3.82. The predicted octanol–water partition coefficient (Wildman–Crippen LogP) is 1.77. The molecule has 14 heavy (non-hydrogen) atoms. The van der Waals surface area contributed by atoms with Crippen LogP contribution in [0, 0.1) is 6.92 Å². The topological polar surface area (TPSA) is 6.48 Å². The molecule has 2 heteroatoms. The van der Waals surface area contributed by atoms with Crippen LogP contribution in [0.25, 0.3) is 0 Å². The summed E-state index contributed by atoms with van der Waals surface area (Å²) in [6.07, 6.45) is 6.82. The number of hydrogen-bond acceptors (Lipinski definition) is 2. The van der Waals surface area contributed by atoms with Crippen molar-refractivity contribution in [1.29, 1.82) is 0 Å². The lowest BCUT2D eigenvalue weighted by Crippen LogP contribution is -2.38. The summed E-state index contributed by atoms with van der Waals surface area (Å²) in [5, 5.41) is 0. The van der Waals surface area contributed by atoms with Crippen molar-refractivity contribution in [1.82, 2.24) is 9.80 Å². The van der Waals surface area contributed by atoms with Crippen LogP contribution >= 0.6 is 0 Å². The molecule has 2 fully saturated rings. The Hall–Kier alpha value is -0.0800. The van der Waals surface area contributed by atoms with Crippen molar-refractivity contribution in [3.05, 3.63) is 6.92 Å². The van der Waals surface area contributed by atoms with Gasteiger partial charge in [-0.15, -0.1) is 0 Å². The van der Waals surface area contributed by atoms with Gasteiger partial charge in [0.15, 0.2) is 0 Å². The van der Waals surface area contributed by atoms with E-state index in [1.807, 2.05) is 0 Å². The molecule has 0 N–H and O–H groups in total. The summed E-state index contributed by atoms with van der Waals surface area (Å²) in [4.78, 5) is 5.10. The van der Waals surface area contributed by atoms with Gasteiger partial charge in [-0.1, -0.05) is 0 Å². The lowest BCUT2D eigenvalue weighted by molar-refractivity contribution is 0.170. The van der Waals surface area contributed by atoms with Crippen LogP contribution in [0.4, 0.5) is 0 Å². The van der Waals surface area contributed by atoms with E-state index in [0.717, 1.165) is 0 Å². The monoisotopic (exact) mass is 195 g/mol. The standard InChI is InChI=1S/C12H23N2/c1-12(14-10-2-3-11-14)6-4-7-13-8-5-9-13/h12H,1-11H2. The highest BCUT2D eigenvalue weighted by Crippen LogP contribution is 2.15. The quantitative estimate of drug-likeness (QED) is 0.659. The van der Waals surface area contributed by atoms with E-state index < -0.39 is 0 Å². The van der Waals surface area contributed by atoms with E-state index in [1.54, 1.807) is 0 Å². The average molecular weight is 195 g/mol. The summed E-state index contributed by atoms with van der Waals surface area (Å²) < 4.78 is 0. The van der Waals surface area contributed by atoms with Gasteiger partial charge in [0.2, 0.25) is 0 Å². The van der Waals surface area contributed by atoms with Crippen LogP contribution in [0.3, 0.4) is 0 Å². The fourth-order valence-corrected chi connectivity index (χ4v) is 2.45. The normalized spacial score (nSPS) is 26.4. The Balaban J connectivity index is 1.54. The molecule has 1 unspecified atom stereocenters. The summed E-state index contributed by atoms with van der Waals surface area (Å²) in [5.74, 6) is 0. The average Bonchev–Trinajstić information content (AvgIpc) is 2.61. The zero-order chi connectivity index (χ0) is 9.80. The second kappa shape index (κ2) is 5.13. The van der Waals surface area contributed by atoms with Gasteiger partial charge in [-0.2, -0.15) is 0 Å². The highest BCUT2D eigenvalue weighted by atomic mass is 15.2. The summed E-state index contributed by atoms with van der Waals surface area (Å²) in [6.45, 7) is 10.8. The van der Waals surface area contributed by atoms with E-state index in [-0.39, 0.29) is 0 Å². The van der Waals surface area contributed by atoms with Crippen molar-refractivity contribution in [2.75, 3.05) is 32.7 Å². The van der Waals surface area contributed by atoms with E-state index in [0.29, 0.717) is 6.04 Å². The van der Waals surface area contributed by atoms with Gasteiger partial charge in [-0.05, 0) is 71.8 Å². The molecule has 0 aromatic carbocycles. The van der Waals surface area contributed by atoms with Crippen LogP contribution in [0.2, 0.25) is 0 Å². The summed E-state index contributed by atoms with van der Waals surface area (Å²) in [7, 11) is 0. The second-order valence-corrected chi connectivity index (χ2v) is 4.73. The SMILES string of the molecule is [CH2]C(CCCN1CCC1)N1CCCC1. The van der Waals surface area contributed by atoms with Crippen molar-refractivity contribution < 1.29 is 0 Å². The maximum absolute atomic E-state index is 4.27. The molecule has 81 valence electrons. The first-order chi connectivity index (χ1) is 6.86. The Bertz CT molecular complexity index is 160. The van der Waals surface area contributed by atoms with Crippen molar-refractivity contribution >= 4 is 0 Å². The largest absolute Gasteiger partial charge is 0.303 e. The molecule has 2 heterocycles. The second-order valence-electron chi connectivity index (χ2n) is 4.73. The van der Waals surface area contributed by atoms with Crippen LogP contribution in [0.1, 0.15) is 32.1 Å². The van der Waals surface area contributed by atoms with Crippen LogP contribution < -0.4 is 0 Å². The maximum atomic E-state index is 4.27. The minimum atomic E-state index is 0.582. The smallest absolute Gasteiger partial charge is 0.00963 e. The zero-order valence-electron chi connectivity index (χ0n) is 9.25. The maximum Gasteiger partial charge on any atom is 0.00963 e. The number of likely N-dealkylation sites (tertiary alicyclic amines) is 2. The van der Waals surface area contributed by atoms with Crippen molar-refractivity contribution in [2.24, 2.45) is 0 Å². The van der Waals surface area contributed by atoms with Crippen LogP contribution in [0.15, 0.2) is 0 Å². The van der Waals surface area contributed by atoms with Crippen LogP contribution in [-0.4, -0.2) is 48.6 Å². The van der Waals surface area contributed by atoms with Crippen molar-refractivity contribution in [2.45, 2.75) is 38.1 Å². The highest BCUT2D eigenvalue weighted by Gasteiger charge is 2.18. The molecule has 0 spiro atoms. The Morgan fingerprint density at radius 2 is 1.71 bits per heavy atom. The van der Waals surface area contributed by atoms with Crippen molar-refractivity contribution in [3.63, 3.8) is 0 Å². The lowest BCUT2D eigenvalue weighted by Gasteiger charge is -2.31. The van der Waals surface area contributed by atoms with E-state index in [4.69, 9.17) is 0 Å². The van der Waals surface area contributed by atoms with Gasteiger partial charge in [0.1, 0.15) is 0 Å². The lowest BCUT2D eigenvalue weighted by atomic mass is 10.1. The van der Waals surface area contributed by atoms with Gasteiger partial charge in [-0.25, -0.2) is 0 Å². The third kappa shape index (κ3) is 2.71. The minimum absolute atomic E-state index is 0.582. The first-order valence-electron chi connectivity index (χ1n) is 6.16. The van der Waals surface area contributed by atoms with E-state index in [1.165, 1.54) is 64.8 Å². The van der Waals surface area contributed by atoms with Crippen LogP contribution in [-0.2, 0) is 0 Å². The van der Waals surface area contributed by atoms with Gasteiger partial charge in [0.25, 0.3) is 0 Å². The molecule has 1 atom stereocenters. The molecule has 2 rings (SSSR count). The molecule has 0 saturated carbocycles. The number of nitrogens with zero attached hydrogens (tertiary/aromatic N) is 2. The van der Waals surface area contributed by atoms with E-state index in [9.17, 15) is 0 Å². The van der Waals surface area contributed by atoms with Gasteiger partial charge in [0, 0.05) is 6.04 Å². The van der Waals surface area contributed by atoms with Crippen LogP contribution in [0.5, 0.6) is 0 Å². The number of hydrogen-bond donors (Lipinski definition) is 0. The molecule has 2 nitrogen and oxygen atoms in total. The van der Waals surface area contributed by atoms with Gasteiger partial charge in [0.05, 0.1) is 0 Å². The predicted molar refractivity (Wildman–Crippen MR) is 60.2 cm³/mol. The molecule has 2 aliphatic heterocycles. The molecular formula is C12H23N2. The third-order valence-corrected chi connectivity index (χ3v) is 3.62. The first kappa shape index (κ1) is 10.4. The molecule has 0 bridgehead atoms. The minimum Gasteiger partial charge on any atom is -0.303 e. The fourth-order valence-electron chi connectivity index (χ4n) is 2.45. The van der Waals surface area contributed by atoms with E-state index >= 15 is 0 Å². The Labute approximate surface area is 88.3 Å². The van der Waals surface area contributed by atoms with E-state index in [2.05, 4.69) is 16.7 Å². The molecule has 0 aromatic rings. The summed E-state index contributed by atoms with van der Waals surface area (Å²) >= 11 is 0. The molecule has 0 aromatic heterocycles. The molecular weight excluding hydrogens is 172 g/mol. The Morgan fingerprint density at radius 1 is 1.00 bits per heavy atom. The summed E-state index contributed by atoms with van der Waals surface area (Å²) in [5.41, 5.74) is 0. The Morgan fingerprint density at radius 3 is 2.29 bits per heavy atom. The fraction of sp³-hybridized carbons (Fsp3) is 0.917.